The van der Waals surface area contributed by atoms with E-state index in [0.717, 1.165) is 0 Å². The molecule has 0 fully saturated rings. The third-order valence-electron chi connectivity index (χ3n) is 2.39. The first-order valence-electron chi connectivity index (χ1n) is 6.89. The second-order valence-electron chi connectivity index (χ2n) is 4.08. The van der Waals surface area contributed by atoms with Gasteiger partial charge in [0, 0.05) is 19.3 Å². The van der Waals surface area contributed by atoms with E-state index in [1.165, 1.54) is 19.3 Å². The van der Waals surface area contributed by atoms with Crippen LogP contribution in [-0.2, 0) is 9.47 Å². The molecular formula is C14H18N4O5. The number of H-pyrrole nitrogens is 2. The lowest BCUT2D eigenvalue weighted by Gasteiger charge is -1.95. The van der Waals surface area contributed by atoms with Crippen LogP contribution >= 0.6 is 0 Å². The van der Waals surface area contributed by atoms with Crippen molar-refractivity contribution in [2.75, 3.05) is 13.2 Å². The number of ether oxygens (including phenoxy) is 2. The molecule has 2 heterocycles. The van der Waals surface area contributed by atoms with E-state index in [1.54, 1.807) is 20.0 Å². The fourth-order valence-electron chi connectivity index (χ4n) is 1.38. The van der Waals surface area contributed by atoms with Gasteiger partial charge in [-0.1, -0.05) is 0 Å². The minimum absolute atomic E-state index is 0.0621. The summed E-state index contributed by atoms with van der Waals surface area (Å²) in [6.45, 7) is 5.50. The largest absolute Gasteiger partial charge is 0.460 e. The molecule has 0 aliphatic carbocycles. The van der Waals surface area contributed by atoms with Crippen LogP contribution in [0, 0.1) is 0 Å². The number of aromatic nitrogens is 4. The molecule has 0 aliphatic heterocycles. The molecule has 0 aliphatic rings. The topological polar surface area (TPSA) is 127 Å². The van der Waals surface area contributed by atoms with E-state index in [0.29, 0.717) is 12.3 Å². The maximum atomic E-state index is 11.1. The molecule has 124 valence electrons. The molecule has 9 nitrogen and oxygen atoms in total. The molecule has 0 saturated carbocycles. The van der Waals surface area contributed by atoms with Crippen molar-refractivity contribution in [3.8, 4) is 0 Å². The molecular weight excluding hydrogens is 304 g/mol. The van der Waals surface area contributed by atoms with Crippen LogP contribution in [0.1, 0.15) is 52.5 Å². The number of esters is 2. The van der Waals surface area contributed by atoms with Gasteiger partial charge >= 0.3 is 11.9 Å². The number of carbonyl (C=O) groups excluding carboxylic acids is 3. The average Bonchev–Trinajstić information content (AvgIpc) is 3.20. The Morgan fingerprint density at radius 2 is 1.65 bits per heavy atom. The second-order valence-corrected chi connectivity index (χ2v) is 4.08. The highest BCUT2D eigenvalue weighted by molar-refractivity contribution is 5.94. The summed E-state index contributed by atoms with van der Waals surface area (Å²) in [6.07, 6.45) is 4.40. The average molecular weight is 322 g/mol. The summed E-state index contributed by atoms with van der Waals surface area (Å²) >= 11 is 0. The summed E-state index contributed by atoms with van der Waals surface area (Å²) in [7, 11) is 0. The maximum Gasteiger partial charge on any atom is 0.374 e. The number of carbonyl (C=O) groups is 3. The first-order valence-corrected chi connectivity index (χ1v) is 6.89. The van der Waals surface area contributed by atoms with Crippen LogP contribution in [0.15, 0.2) is 18.6 Å². The number of imidazole rings is 2. The molecule has 2 aromatic rings. The number of nitrogens with zero attached hydrogens (tertiary/aromatic N) is 2. The predicted molar refractivity (Wildman–Crippen MR) is 79.1 cm³/mol. The zero-order chi connectivity index (χ0) is 17.2. The molecule has 0 unspecified atom stereocenters. The zero-order valence-electron chi connectivity index (χ0n) is 13.1. The molecule has 9 heteroatoms. The Morgan fingerprint density at radius 3 is 2.09 bits per heavy atom. The number of rotatable bonds is 5. The Balaban J connectivity index is 0.000000238. The quantitative estimate of drug-likeness (QED) is 0.628. The molecule has 0 aromatic carbocycles. The van der Waals surface area contributed by atoms with Gasteiger partial charge in [0.15, 0.2) is 5.78 Å². The molecule has 2 N–H and O–H groups in total. The summed E-state index contributed by atoms with van der Waals surface area (Å²) in [5, 5.41) is 0. The van der Waals surface area contributed by atoms with E-state index in [-0.39, 0.29) is 24.0 Å². The number of nitrogens with one attached hydrogen (secondary N) is 2. The molecule has 0 spiro atoms. The Hall–Kier alpha value is -2.97. The van der Waals surface area contributed by atoms with Gasteiger partial charge in [-0.05, 0) is 13.8 Å². The monoisotopic (exact) mass is 322 g/mol. The third kappa shape index (κ3) is 5.73. The zero-order valence-corrected chi connectivity index (χ0v) is 13.1. The van der Waals surface area contributed by atoms with E-state index in [9.17, 15) is 14.4 Å². The van der Waals surface area contributed by atoms with Gasteiger partial charge in [0.05, 0.1) is 19.4 Å². The number of Topliss-reactive ketones (excluding diaryl/α,β-unsaturated/α-hetero) is 1. The molecule has 0 radical (unpaired) electrons. The van der Waals surface area contributed by atoms with Gasteiger partial charge in [-0.3, -0.25) is 4.79 Å². The van der Waals surface area contributed by atoms with Crippen molar-refractivity contribution in [1.82, 2.24) is 19.9 Å². The van der Waals surface area contributed by atoms with Crippen LogP contribution in [0.2, 0.25) is 0 Å². The minimum atomic E-state index is -0.546. The third-order valence-corrected chi connectivity index (χ3v) is 2.39. The lowest BCUT2D eigenvalue weighted by molar-refractivity contribution is 0.0504. The van der Waals surface area contributed by atoms with Gasteiger partial charge in [-0.15, -0.1) is 0 Å². The number of aromatic amines is 2. The van der Waals surface area contributed by atoms with Gasteiger partial charge in [-0.25, -0.2) is 19.6 Å². The highest BCUT2D eigenvalue weighted by Crippen LogP contribution is 1.99. The van der Waals surface area contributed by atoms with Gasteiger partial charge in [0.2, 0.25) is 11.6 Å². The normalized spacial score (nSPS) is 9.52. The molecule has 2 aromatic heterocycles. The SMILES string of the molecule is CCOC(=O)c1ncc(C(C)=O)[nH]1.CCOC(=O)c1ncc[nH]1. The molecule has 0 bridgehead atoms. The van der Waals surface area contributed by atoms with Crippen LogP contribution < -0.4 is 0 Å². The second kappa shape index (κ2) is 9.13. The molecule has 0 amide bonds. The van der Waals surface area contributed by atoms with Gasteiger partial charge < -0.3 is 19.4 Å². The first kappa shape index (κ1) is 18.1. The van der Waals surface area contributed by atoms with Gasteiger partial charge in [0.25, 0.3) is 0 Å². The van der Waals surface area contributed by atoms with Crippen LogP contribution in [0.3, 0.4) is 0 Å². The van der Waals surface area contributed by atoms with Crippen molar-refractivity contribution in [1.29, 1.82) is 0 Å². The minimum Gasteiger partial charge on any atom is -0.460 e. The van der Waals surface area contributed by atoms with Crippen molar-refractivity contribution in [2.45, 2.75) is 20.8 Å². The van der Waals surface area contributed by atoms with Crippen LogP contribution in [0.25, 0.3) is 0 Å². The van der Waals surface area contributed by atoms with E-state index in [2.05, 4.69) is 29.4 Å². The Bertz CT molecular complexity index is 648. The Kier molecular flexibility index (Phi) is 7.18. The summed E-state index contributed by atoms with van der Waals surface area (Å²) in [4.78, 5) is 45.3. The van der Waals surface area contributed by atoms with E-state index in [4.69, 9.17) is 0 Å². The van der Waals surface area contributed by atoms with Crippen molar-refractivity contribution in [3.63, 3.8) is 0 Å². The highest BCUT2D eigenvalue weighted by Gasteiger charge is 2.12. The standard InChI is InChI=1S/C8H10N2O3.C6H8N2O2/c1-3-13-8(12)7-9-4-6(10-7)5(2)11;1-2-10-6(9)5-7-3-4-8-5/h4H,3H2,1-2H3,(H,9,10);3-4H,2H2,1H3,(H,7,8). The summed E-state index contributed by atoms with van der Waals surface area (Å²) in [5.74, 6) is -0.806. The lowest BCUT2D eigenvalue weighted by atomic mass is 10.3. The fourth-order valence-corrected chi connectivity index (χ4v) is 1.38. The molecule has 2 rings (SSSR count). The predicted octanol–water partition coefficient (Wildman–Crippen LogP) is 1.38. The van der Waals surface area contributed by atoms with Crippen molar-refractivity contribution in [2.24, 2.45) is 0 Å². The number of hydrogen-bond donors (Lipinski definition) is 2. The van der Waals surface area contributed by atoms with E-state index in [1.807, 2.05) is 0 Å². The fraction of sp³-hybridized carbons (Fsp3) is 0.357. The van der Waals surface area contributed by atoms with Crippen LogP contribution in [-0.4, -0.2) is 50.9 Å². The van der Waals surface area contributed by atoms with Gasteiger partial charge in [0.1, 0.15) is 5.69 Å². The van der Waals surface area contributed by atoms with Crippen molar-refractivity contribution < 1.29 is 23.9 Å². The Morgan fingerprint density at radius 1 is 1.04 bits per heavy atom. The van der Waals surface area contributed by atoms with E-state index >= 15 is 0 Å². The Labute approximate surface area is 132 Å². The van der Waals surface area contributed by atoms with Crippen LogP contribution in [0.5, 0.6) is 0 Å². The summed E-state index contributed by atoms with van der Waals surface area (Å²) in [5.41, 5.74) is 0.308. The first-order chi connectivity index (χ1) is 11.0. The van der Waals surface area contributed by atoms with Crippen molar-refractivity contribution >= 4 is 17.7 Å². The van der Waals surface area contributed by atoms with Gasteiger partial charge in [-0.2, -0.15) is 0 Å². The van der Waals surface area contributed by atoms with E-state index < -0.39 is 11.9 Å². The summed E-state index contributed by atoms with van der Waals surface area (Å²) < 4.78 is 9.33. The molecule has 23 heavy (non-hydrogen) atoms. The number of hydrogen-bond acceptors (Lipinski definition) is 7. The summed E-state index contributed by atoms with van der Waals surface area (Å²) in [6, 6.07) is 0. The highest BCUT2D eigenvalue weighted by atomic mass is 16.5. The van der Waals surface area contributed by atoms with Crippen LogP contribution in [0.4, 0.5) is 0 Å². The maximum absolute atomic E-state index is 11.1. The molecule has 0 atom stereocenters. The number of ketones is 1. The lowest BCUT2D eigenvalue weighted by Crippen LogP contribution is -2.07. The smallest absolute Gasteiger partial charge is 0.374 e. The molecule has 0 saturated heterocycles. The van der Waals surface area contributed by atoms with Crippen molar-refractivity contribution in [3.05, 3.63) is 35.9 Å².